The smallest absolute Gasteiger partial charge is 0.137 e. The maximum atomic E-state index is 5.12. The van der Waals surface area contributed by atoms with Crippen molar-refractivity contribution in [3.63, 3.8) is 0 Å². The van der Waals surface area contributed by atoms with Gasteiger partial charge in [-0.2, -0.15) is 0 Å². The van der Waals surface area contributed by atoms with Gasteiger partial charge in [0.2, 0.25) is 0 Å². The summed E-state index contributed by atoms with van der Waals surface area (Å²) in [6.45, 7) is 4.74. The minimum atomic E-state index is -0.129. The fourth-order valence-corrected chi connectivity index (χ4v) is 8.09. The SMILES string of the molecule is CC1(C)c2ccc3c(c2-c2ccc4ccccc4c21)c1ccccc1n3-c1ccc(-c2cc(-c3cccnc3)nc(-c3ccccn3)c2)cn1. The van der Waals surface area contributed by atoms with Gasteiger partial charge in [0, 0.05) is 52.1 Å². The van der Waals surface area contributed by atoms with Gasteiger partial charge in [0.05, 0.1) is 28.1 Å². The molecule has 9 aromatic rings. The summed E-state index contributed by atoms with van der Waals surface area (Å²) < 4.78 is 2.31. The molecular weight excluding hydrogens is 611 g/mol. The van der Waals surface area contributed by atoms with Crippen molar-refractivity contribution in [2.24, 2.45) is 0 Å². The molecule has 0 amide bonds. The third-order valence-corrected chi connectivity index (χ3v) is 10.4. The van der Waals surface area contributed by atoms with E-state index in [1.54, 1.807) is 12.4 Å². The van der Waals surface area contributed by atoms with E-state index >= 15 is 0 Å². The Bertz CT molecular complexity index is 2710. The lowest BCUT2D eigenvalue weighted by atomic mass is 9.80. The van der Waals surface area contributed by atoms with Gasteiger partial charge in [-0.3, -0.25) is 14.5 Å². The molecule has 1 aliphatic carbocycles. The first-order valence-corrected chi connectivity index (χ1v) is 17.0. The molecule has 0 saturated heterocycles. The maximum absolute atomic E-state index is 5.12. The van der Waals surface area contributed by atoms with Crippen LogP contribution in [-0.4, -0.2) is 24.5 Å². The highest BCUT2D eigenvalue weighted by molar-refractivity contribution is 6.18. The first kappa shape index (κ1) is 28.5. The molecule has 236 valence electrons. The zero-order valence-electron chi connectivity index (χ0n) is 27.7. The molecule has 5 heterocycles. The van der Waals surface area contributed by atoms with E-state index in [0.717, 1.165) is 50.6 Å². The zero-order chi connectivity index (χ0) is 33.4. The Morgan fingerprint density at radius 2 is 1.40 bits per heavy atom. The molecule has 50 heavy (non-hydrogen) atoms. The summed E-state index contributed by atoms with van der Waals surface area (Å²) in [5, 5.41) is 5.12. The molecule has 0 radical (unpaired) electrons. The minimum Gasteiger partial charge on any atom is -0.294 e. The van der Waals surface area contributed by atoms with E-state index in [2.05, 4.69) is 125 Å². The van der Waals surface area contributed by atoms with Crippen LogP contribution in [-0.2, 0) is 5.41 Å². The number of hydrogen-bond acceptors (Lipinski definition) is 4. The number of fused-ring (bicyclic) bond motifs is 9. The van der Waals surface area contributed by atoms with E-state index in [1.165, 1.54) is 43.8 Å². The van der Waals surface area contributed by atoms with E-state index in [0.29, 0.717) is 0 Å². The average molecular weight is 642 g/mol. The number of rotatable bonds is 4. The monoisotopic (exact) mass is 641 g/mol. The summed E-state index contributed by atoms with van der Waals surface area (Å²) in [5.41, 5.74) is 13.0. The van der Waals surface area contributed by atoms with E-state index in [-0.39, 0.29) is 5.41 Å². The molecule has 0 unspecified atom stereocenters. The lowest BCUT2D eigenvalue weighted by Gasteiger charge is -2.23. The van der Waals surface area contributed by atoms with Crippen molar-refractivity contribution >= 4 is 32.6 Å². The molecule has 10 rings (SSSR count). The number of benzene rings is 4. The van der Waals surface area contributed by atoms with Gasteiger partial charge in [0.15, 0.2) is 0 Å². The van der Waals surface area contributed by atoms with Gasteiger partial charge in [0.25, 0.3) is 0 Å². The van der Waals surface area contributed by atoms with Crippen LogP contribution in [0.25, 0.3) is 83.3 Å². The van der Waals surface area contributed by atoms with Crippen LogP contribution in [0.15, 0.2) is 152 Å². The summed E-state index contributed by atoms with van der Waals surface area (Å²) >= 11 is 0. The second kappa shape index (κ2) is 10.8. The molecule has 0 fully saturated rings. The van der Waals surface area contributed by atoms with Gasteiger partial charge >= 0.3 is 0 Å². The van der Waals surface area contributed by atoms with Crippen LogP contribution in [0, 0.1) is 0 Å². The summed E-state index contributed by atoms with van der Waals surface area (Å²) in [6, 6.07) is 45.1. The van der Waals surface area contributed by atoms with Crippen molar-refractivity contribution in [3.8, 4) is 50.7 Å². The average Bonchev–Trinajstić information content (AvgIpc) is 3.64. The molecule has 0 atom stereocenters. The zero-order valence-corrected chi connectivity index (χ0v) is 27.7. The molecule has 0 bridgehead atoms. The van der Waals surface area contributed by atoms with Gasteiger partial charge in [-0.25, -0.2) is 9.97 Å². The number of nitrogens with zero attached hydrogens (tertiary/aromatic N) is 5. The van der Waals surface area contributed by atoms with Crippen molar-refractivity contribution in [1.82, 2.24) is 24.5 Å². The Hall–Kier alpha value is -6.46. The third-order valence-electron chi connectivity index (χ3n) is 10.4. The molecule has 4 aromatic carbocycles. The summed E-state index contributed by atoms with van der Waals surface area (Å²) in [4.78, 5) is 19.0. The quantitative estimate of drug-likeness (QED) is 0.192. The summed E-state index contributed by atoms with van der Waals surface area (Å²) in [5.74, 6) is 0.877. The molecule has 0 spiro atoms. The van der Waals surface area contributed by atoms with Crippen LogP contribution in [0.3, 0.4) is 0 Å². The van der Waals surface area contributed by atoms with Crippen LogP contribution in [0.5, 0.6) is 0 Å². The Morgan fingerprint density at radius 3 is 2.22 bits per heavy atom. The Labute approximate surface area is 289 Å². The Kier molecular flexibility index (Phi) is 6.15. The van der Waals surface area contributed by atoms with Crippen LogP contribution in [0.1, 0.15) is 25.0 Å². The van der Waals surface area contributed by atoms with Gasteiger partial charge in [-0.05, 0) is 99.3 Å². The highest BCUT2D eigenvalue weighted by Gasteiger charge is 2.38. The normalized spacial score (nSPS) is 13.2. The molecule has 5 aromatic heterocycles. The third kappa shape index (κ3) is 4.20. The second-order valence-corrected chi connectivity index (χ2v) is 13.6. The van der Waals surface area contributed by atoms with Crippen LogP contribution < -0.4 is 0 Å². The van der Waals surface area contributed by atoms with E-state index in [4.69, 9.17) is 9.97 Å². The predicted octanol–water partition coefficient (Wildman–Crippen LogP) is 10.8. The lowest BCUT2D eigenvalue weighted by molar-refractivity contribution is 0.666. The second-order valence-electron chi connectivity index (χ2n) is 13.6. The Morgan fingerprint density at radius 1 is 0.560 bits per heavy atom. The maximum Gasteiger partial charge on any atom is 0.137 e. The Balaban J connectivity index is 1.15. The predicted molar refractivity (Wildman–Crippen MR) is 203 cm³/mol. The number of pyridine rings is 4. The molecular formula is C45H31N5. The summed E-state index contributed by atoms with van der Waals surface area (Å²) in [6.07, 6.45) is 7.39. The van der Waals surface area contributed by atoms with Gasteiger partial charge in [-0.15, -0.1) is 0 Å². The van der Waals surface area contributed by atoms with Crippen molar-refractivity contribution in [1.29, 1.82) is 0 Å². The van der Waals surface area contributed by atoms with Crippen molar-refractivity contribution in [2.45, 2.75) is 19.3 Å². The van der Waals surface area contributed by atoms with Crippen molar-refractivity contribution in [2.75, 3.05) is 0 Å². The molecule has 0 aliphatic heterocycles. The molecule has 5 nitrogen and oxygen atoms in total. The molecule has 5 heteroatoms. The number of aromatic nitrogens is 5. The fraction of sp³-hybridized carbons (Fsp3) is 0.0667. The molecule has 1 aliphatic rings. The minimum absolute atomic E-state index is 0.129. The van der Waals surface area contributed by atoms with Crippen LogP contribution >= 0.6 is 0 Å². The van der Waals surface area contributed by atoms with E-state index < -0.39 is 0 Å². The van der Waals surface area contributed by atoms with Crippen LogP contribution in [0.4, 0.5) is 0 Å². The van der Waals surface area contributed by atoms with Gasteiger partial charge < -0.3 is 0 Å². The van der Waals surface area contributed by atoms with Crippen molar-refractivity contribution < 1.29 is 0 Å². The number of para-hydroxylation sites is 1. The molecule has 0 N–H and O–H groups in total. The van der Waals surface area contributed by atoms with Gasteiger partial charge in [0.1, 0.15) is 5.82 Å². The topological polar surface area (TPSA) is 56.5 Å². The largest absolute Gasteiger partial charge is 0.294 e. The van der Waals surface area contributed by atoms with Crippen molar-refractivity contribution in [3.05, 3.63) is 163 Å². The van der Waals surface area contributed by atoms with Gasteiger partial charge in [-0.1, -0.05) is 80.6 Å². The highest BCUT2D eigenvalue weighted by atomic mass is 15.1. The lowest BCUT2D eigenvalue weighted by Crippen LogP contribution is -2.15. The molecule has 0 saturated carbocycles. The fourth-order valence-electron chi connectivity index (χ4n) is 8.09. The highest BCUT2D eigenvalue weighted by Crippen LogP contribution is 2.55. The van der Waals surface area contributed by atoms with E-state index in [9.17, 15) is 0 Å². The van der Waals surface area contributed by atoms with Crippen LogP contribution in [0.2, 0.25) is 0 Å². The first-order chi connectivity index (χ1) is 24.6. The first-order valence-electron chi connectivity index (χ1n) is 17.0. The standard InChI is InChI=1S/C45H31N5/c1-45(2)35-19-20-40-43(42(35)34-18-16-28-10-3-4-12-32(28)44(34)45)33-13-5-6-15-39(33)50(40)41-21-17-29(27-48-41)31-24-37(30-11-9-22-46-26-30)49-38(25-31)36-14-7-8-23-47-36/h3-27H,1-2H3. The summed E-state index contributed by atoms with van der Waals surface area (Å²) in [7, 11) is 0. The van der Waals surface area contributed by atoms with E-state index in [1.807, 2.05) is 42.7 Å². The number of hydrogen-bond donors (Lipinski definition) is 0.